The lowest BCUT2D eigenvalue weighted by Gasteiger charge is -2.40. The molecule has 2 rings (SSSR count). The van der Waals surface area contributed by atoms with Crippen LogP contribution in [0.15, 0.2) is 12.1 Å². The second-order valence-corrected chi connectivity index (χ2v) is 8.04. The maximum atomic E-state index is 12.3. The minimum atomic E-state index is 0.0686. The van der Waals surface area contributed by atoms with E-state index in [9.17, 15) is 9.90 Å². The number of aliphatic hydroxyl groups excluding tert-OH is 1. The van der Waals surface area contributed by atoms with Crippen LogP contribution in [0.1, 0.15) is 31.1 Å². The Labute approximate surface area is 141 Å². The van der Waals surface area contributed by atoms with Gasteiger partial charge < -0.3 is 10.0 Å². The second-order valence-electron chi connectivity index (χ2n) is 6.24. The number of carbonyl (C=O) groups excluding carboxylic acids is 1. The number of amides is 1. The van der Waals surface area contributed by atoms with Crippen LogP contribution in [-0.2, 0) is 11.3 Å². The standard InChI is InChI=1S/C16H25ClN2O2S/c1-3-16(12-20)6-8-19(9-7-16)11-15(21)18(2)10-13-4-5-14(17)22-13/h4-5,20H,3,6-12H2,1-2H3. The van der Waals surface area contributed by atoms with Crippen molar-refractivity contribution in [3.05, 3.63) is 21.3 Å². The molecule has 1 aromatic rings. The molecule has 0 radical (unpaired) electrons. The highest BCUT2D eigenvalue weighted by atomic mass is 35.5. The van der Waals surface area contributed by atoms with Gasteiger partial charge in [-0.3, -0.25) is 9.69 Å². The molecule has 1 amide bonds. The predicted molar refractivity (Wildman–Crippen MR) is 91.3 cm³/mol. The number of hydrogen-bond donors (Lipinski definition) is 1. The Bertz CT molecular complexity index is 492. The first kappa shape index (κ1) is 17.7. The number of thiophene rings is 1. The zero-order valence-electron chi connectivity index (χ0n) is 13.3. The lowest BCUT2D eigenvalue weighted by molar-refractivity contribution is -0.132. The predicted octanol–water partition coefficient (Wildman–Crippen LogP) is 2.84. The molecule has 124 valence electrons. The number of halogens is 1. The van der Waals surface area contributed by atoms with E-state index in [2.05, 4.69) is 11.8 Å². The quantitative estimate of drug-likeness (QED) is 0.863. The van der Waals surface area contributed by atoms with Crippen molar-refractivity contribution in [2.24, 2.45) is 5.41 Å². The molecule has 1 aliphatic rings. The topological polar surface area (TPSA) is 43.8 Å². The summed E-state index contributed by atoms with van der Waals surface area (Å²) in [6, 6.07) is 3.83. The number of aliphatic hydroxyl groups is 1. The van der Waals surface area contributed by atoms with Crippen LogP contribution < -0.4 is 0 Å². The molecule has 4 nitrogen and oxygen atoms in total. The summed E-state index contributed by atoms with van der Waals surface area (Å²) >= 11 is 7.44. The van der Waals surface area contributed by atoms with Crippen LogP contribution in [0.25, 0.3) is 0 Å². The molecule has 1 N–H and O–H groups in total. The van der Waals surface area contributed by atoms with Gasteiger partial charge >= 0.3 is 0 Å². The fourth-order valence-electron chi connectivity index (χ4n) is 2.88. The fourth-order valence-corrected chi connectivity index (χ4v) is 4.02. The first-order valence-electron chi connectivity index (χ1n) is 7.79. The second kappa shape index (κ2) is 7.77. The zero-order valence-corrected chi connectivity index (χ0v) is 14.9. The Hall–Kier alpha value is -0.620. The van der Waals surface area contributed by atoms with E-state index in [1.54, 1.807) is 4.90 Å². The summed E-state index contributed by atoms with van der Waals surface area (Å²) in [7, 11) is 1.84. The molecule has 1 aromatic heterocycles. The van der Waals surface area contributed by atoms with E-state index in [1.165, 1.54) is 11.3 Å². The molecule has 1 saturated heterocycles. The molecule has 0 aromatic carbocycles. The van der Waals surface area contributed by atoms with Gasteiger partial charge in [0.2, 0.25) is 5.91 Å². The molecule has 2 heterocycles. The van der Waals surface area contributed by atoms with Gasteiger partial charge in [-0.1, -0.05) is 18.5 Å². The summed E-state index contributed by atoms with van der Waals surface area (Å²) in [5.41, 5.74) is 0.0686. The molecule has 0 spiro atoms. The van der Waals surface area contributed by atoms with Gasteiger partial charge in [0.25, 0.3) is 0 Å². The minimum absolute atomic E-state index is 0.0686. The molecule has 22 heavy (non-hydrogen) atoms. The van der Waals surface area contributed by atoms with E-state index in [-0.39, 0.29) is 17.9 Å². The van der Waals surface area contributed by atoms with E-state index in [0.29, 0.717) is 13.1 Å². The van der Waals surface area contributed by atoms with Crippen molar-refractivity contribution < 1.29 is 9.90 Å². The maximum Gasteiger partial charge on any atom is 0.236 e. The van der Waals surface area contributed by atoms with Crippen molar-refractivity contribution in [2.75, 3.05) is 33.3 Å². The van der Waals surface area contributed by atoms with Crippen LogP contribution in [0.2, 0.25) is 4.34 Å². The Morgan fingerprint density at radius 1 is 1.45 bits per heavy atom. The average molecular weight is 345 g/mol. The van der Waals surface area contributed by atoms with Crippen LogP contribution in [0.5, 0.6) is 0 Å². The molecule has 0 aliphatic carbocycles. The first-order valence-corrected chi connectivity index (χ1v) is 8.99. The zero-order chi connectivity index (χ0) is 16.2. The molecular weight excluding hydrogens is 320 g/mol. The van der Waals surface area contributed by atoms with Gasteiger partial charge in [0.1, 0.15) is 0 Å². The third kappa shape index (κ3) is 4.44. The normalized spacial score (nSPS) is 18.4. The van der Waals surface area contributed by atoms with E-state index < -0.39 is 0 Å². The van der Waals surface area contributed by atoms with Crippen molar-refractivity contribution in [3.63, 3.8) is 0 Å². The van der Waals surface area contributed by atoms with Crippen molar-refractivity contribution in [2.45, 2.75) is 32.7 Å². The van der Waals surface area contributed by atoms with Crippen molar-refractivity contribution in [3.8, 4) is 0 Å². The van der Waals surface area contributed by atoms with Gasteiger partial charge in [0, 0.05) is 18.5 Å². The number of piperidine rings is 1. The number of nitrogens with zero attached hydrogens (tertiary/aromatic N) is 2. The van der Waals surface area contributed by atoms with Crippen LogP contribution in [0, 0.1) is 5.41 Å². The van der Waals surface area contributed by atoms with E-state index in [0.717, 1.165) is 41.6 Å². The van der Waals surface area contributed by atoms with Gasteiger partial charge in [0.05, 0.1) is 17.4 Å². The number of likely N-dealkylation sites (N-methyl/N-ethyl adjacent to an activating group) is 1. The van der Waals surface area contributed by atoms with Crippen LogP contribution in [0.3, 0.4) is 0 Å². The molecule has 0 unspecified atom stereocenters. The van der Waals surface area contributed by atoms with Crippen LogP contribution in [-0.4, -0.2) is 54.1 Å². The highest BCUT2D eigenvalue weighted by Gasteiger charge is 2.33. The molecule has 0 bridgehead atoms. The number of carbonyl (C=O) groups is 1. The number of hydrogen-bond acceptors (Lipinski definition) is 4. The number of rotatable bonds is 6. The lowest BCUT2D eigenvalue weighted by Crippen LogP contribution is -2.45. The van der Waals surface area contributed by atoms with Crippen molar-refractivity contribution in [1.82, 2.24) is 9.80 Å². The molecule has 0 atom stereocenters. The molecule has 1 aliphatic heterocycles. The number of likely N-dealkylation sites (tertiary alicyclic amines) is 1. The maximum absolute atomic E-state index is 12.3. The smallest absolute Gasteiger partial charge is 0.236 e. The van der Waals surface area contributed by atoms with Crippen molar-refractivity contribution in [1.29, 1.82) is 0 Å². The summed E-state index contributed by atoms with van der Waals surface area (Å²) in [6.07, 6.45) is 2.94. The minimum Gasteiger partial charge on any atom is -0.396 e. The molecular formula is C16H25ClN2O2S. The monoisotopic (exact) mass is 344 g/mol. The van der Waals surface area contributed by atoms with Gasteiger partial charge in [-0.15, -0.1) is 11.3 Å². The summed E-state index contributed by atoms with van der Waals surface area (Å²) in [5.74, 6) is 0.137. The third-order valence-electron chi connectivity index (χ3n) is 4.81. The molecule has 0 saturated carbocycles. The van der Waals surface area contributed by atoms with Crippen LogP contribution >= 0.6 is 22.9 Å². The van der Waals surface area contributed by atoms with Crippen LogP contribution in [0.4, 0.5) is 0 Å². The van der Waals surface area contributed by atoms with E-state index in [1.807, 2.05) is 19.2 Å². The Balaban J connectivity index is 1.80. The lowest BCUT2D eigenvalue weighted by atomic mass is 9.77. The summed E-state index contributed by atoms with van der Waals surface area (Å²) in [4.78, 5) is 17.4. The highest BCUT2D eigenvalue weighted by Crippen LogP contribution is 2.34. The Kier molecular flexibility index (Phi) is 6.26. The van der Waals surface area contributed by atoms with Gasteiger partial charge in [-0.05, 0) is 49.9 Å². The first-order chi connectivity index (χ1) is 10.5. The van der Waals surface area contributed by atoms with Gasteiger partial charge in [0.15, 0.2) is 0 Å². The molecule has 6 heteroatoms. The highest BCUT2D eigenvalue weighted by molar-refractivity contribution is 7.16. The van der Waals surface area contributed by atoms with Gasteiger partial charge in [-0.2, -0.15) is 0 Å². The molecule has 1 fully saturated rings. The van der Waals surface area contributed by atoms with Gasteiger partial charge in [-0.25, -0.2) is 0 Å². The third-order valence-corrected chi connectivity index (χ3v) is 6.02. The Morgan fingerprint density at radius 2 is 2.14 bits per heavy atom. The SMILES string of the molecule is CCC1(CO)CCN(CC(=O)N(C)Cc2ccc(Cl)s2)CC1. The Morgan fingerprint density at radius 3 is 2.64 bits per heavy atom. The summed E-state index contributed by atoms with van der Waals surface area (Å²) < 4.78 is 0.756. The average Bonchev–Trinajstić information content (AvgIpc) is 2.93. The van der Waals surface area contributed by atoms with E-state index >= 15 is 0 Å². The summed E-state index contributed by atoms with van der Waals surface area (Å²) in [6.45, 7) is 5.24. The fraction of sp³-hybridized carbons (Fsp3) is 0.688. The largest absolute Gasteiger partial charge is 0.396 e. The summed E-state index contributed by atoms with van der Waals surface area (Å²) in [5, 5.41) is 9.56. The van der Waals surface area contributed by atoms with Crippen molar-refractivity contribution >= 4 is 28.8 Å². The van der Waals surface area contributed by atoms with E-state index in [4.69, 9.17) is 11.6 Å².